The Morgan fingerprint density at radius 3 is 2.50 bits per heavy atom. The largest absolute Gasteiger partial charge is 0.466 e. The van der Waals surface area contributed by atoms with Gasteiger partial charge in [0.15, 0.2) is 0 Å². The summed E-state index contributed by atoms with van der Waals surface area (Å²) in [6.45, 7) is 6.96. The van der Waals surface area contributed by atoms with Crippen LogP contribution in [-0.4, -0.2) is 6.54 Å². The van der Waals surface area contributed by atoms with E-state index in [0.717, 1.165) is 17.9 Å². The van der Waals surface area contributed by atoms with Gasteiger partial charge in [0, 0.05) is 5.41 Å². The predicted molar refractivity (Wildman–Crippen MR) is 50.1 cm³/mol. The molecule has 0 spiro atoms. The van der Waals surface area contributed by atoms with Crippen molar-refractivity contribution in [3.63, 3.8) is 0 Å². The zero-order valence-electron chi connectivity index (χ0n) is 8.05. The Morgan fingerprint density at radius 1 is 1.42 bits per heavy atom. The lowest BCUT2D eigenvalue weighted by Crippen LogP contribution is -2.20. The van der Waals surface area contributed by atoms with E-state index in [1.165, 1.54) is 0 Å². The highest BCUT2D eigenvalue weighted by Crippen LogP contribution is 2.27. The highest BCUT2D eigenvalue weighted by atomic mass is 16.3. The third-order valence-corrected chi connectivity index (χ3v) is 2.18. The Morgan fingerprint density at radius 2 is 2.08 bits per heavy atom. The summed E-state index contributed by atoms with van der Waals surface area (Å²) in [5, 5.41) is 0. The molecule has 0 aliphatic rings. The first-order valence-corrected chi connectivity index (χ1v) is 4.33. The van der Waals surface area contributed by atoms with E-state index in [1.807, 2.05) is 19.1 Å². The maximum absolute atomic E-state index is 5.55. The van der Waals surface area contributed by atoms with Crippen LogP contribution in [0.25, 0.3) is 0 Å². The van der Waals surface area contributed by atoms with Gasteiger partial charge in [-0.15, -0.1) is 0 Å². The number of hydrogen-bond donors (Lipinski definition) is 1. The molecular formula is C10H17NO. The van der Waals surface area contributed by atoms with Crippen molar-refractivity contribution in [3.8, 4) is 0 Å². The molecule has 0 unspecified atom stereocenters. The number of nitrogens with two attached hydrogens (primary N) is 1. The lowest BCUT2D eigenvalue weighted by Gasteiger charge is -2.20. The number of rotatable bonds is 3. The average molecular weight is 167 g/mol. The number of aryl methyl sites for hydroxylation is 1. The van der Waals surface area contributed by atoms with E-state index in [-0.39, 0.29) is 5.41 Å². The van der Waals surface area contributed by atoms with E-state index in [4.69, 9.17) is 10.2 Å². The van der Waals surface area contributed by atoms with Gasteiger partial charge < -0.3 is 10.2 Å². The van der Waals surface area contributed by atoms with Gasteiger partial charge in [-0.05, 0) is 32.0 Å². The van der Waals surface area contributed by atoms with Crippen LogP contribution in [0.3, 0.4) is 0 Å². The van der Waals surface area contributed by atoms with E-state index >= 15 is 0 Å². The molecule has 1 heterocycles. The Balaban J connectivity index is 2.81. The summed E-state index contributed by atoms with van der Waals surface area (Å²) in [5.41, 5.74) is 5.59. The summed E-state index contributed by atoms with van der Waals surface area (Å²) in [7, 11) is 0. The Hall–Kier alpha value is -0.760. The standard InChI is InChI=1S/C10H17NO/c1-8-4-5-9(12-8)10(2,3)6-7-11/h4-5H,6-7,11H2,1-3H3. The van der Waals surface area contributed by atoms with E-state index in [2.05, 4.69) is 13.8 Å². The van der Waals surface area contributed by atoms with Crippen molar-refractivity contribution < 1.29 is 4.42 Å². The summed E-state index contributed by atoms with van der Waals surface area (Å²) in [6.07, 6.45) is 0.958. The molecule has 2 heteroatoms. The topological polar surface area (TPSA) is 39.2 Å². The third-order valence-electron chi connectivity index (χ3n) is 2.18. The fourth-order valence-electron chi connectivity index (χ4n) is 1.28. The minimum Gasteiger partial charge on any atom is -0.466 e. The molecule has 0 radical (unpaired) electrons. The molecule has 0 aliphatic heterocycles. The first-order valence-electron chi connectivity index (χ1n) is 4.33. The van der Waals surface area contributed by atoms with Crippen LogP contribution in [-0.2, 0) is 5.41 Å². The van der Waals surface area contributed by atoms with E-state index in [1.54, 1.807) is 0 Å². The maximum Gasteiger partial charge on any atom is 0.109 e. The van der Waals surface area contributed by atoms with Crippen LogP contribution < -0.4 is 5.73 Å². The Bertz CT molecular complexity index is 250. The van der Waals surface area contributed by atoms with Gasteiger partial charge in [-0.3, -0.25) is 0 Å². The van der Waals surface area contributed by atoms with Crippen molar-refractivity contribution in [3.05, 3.63) is 23.7 Å². The molecule has 12 heavy (non-hydrogen) atoms. The normalized spacial score (nSPS) is 12.0. The second kappa shape index (κ2) is 3.31. The van der Waals surface area contributed by atoms with Crippen LogP contribution in [0.1, 0.15) is 31.8 Å². The molecule has 2 nitrogen and oxygen atoms in total. The Kier molecular flexibility index (Phi) is 2.58. The van der Waals surface area contributed by atoms with Gasteiger partial charge in [0.25, 0.3) is 0 Å². The van der Waals surface area contributed by atoms with Crippen LogP contribution in [0.5, 0.6) is 0 Å². The second-order valence-corrected chi connectivity index (χ2v) is 3.83. The van der Waals surface area contributed by atoms with Crippen LogP contribution in [0.2, 0.25) is 0 Å². The zero-order chi connectivity index (χ0) is 9.19. The van der Waals surface area contributed by atoms with E-state index in [9.17, 15) is 0 Å². The van der Waals surface area contributed by atoms with Crippen LogP contribution in [0, 0.1) is 6.92 Å². The van der Waals surface area contributed by atoms with Gasteiger partial charge in [0.2, 0.25) is 0 Å². The molecule has 1 aromatic heterocycles. The lowest BCUT2D eigenvalue weighted by molar-refractivity contribution is 0.358. The maximum atomic E-state index is 5.55. The van der Waals surface area contributed by atoms with Crippen LogP contribution >= 0.6 is 0 Å². The van der Waals surface area contributed by atoms with Crippen LogP contribution in [0.15, 0.2) is 16.5 Å². The van der Waals surface area contributed by atoms with Crippen molar-refractivity contribution in [2.75, 3.05) is 6.54 Å². The molecule has 0 amide bonds. The summed E-state index contributed by atoms with van der Waals surface area (Å²) < 4.78 is 5.55. The molecule has 2 N–H and O–H groups in total. The molecule has 1 aromatic rings. The smallest absolute Gasteiger partial charge is 0.109 e. The minimum absolute atomic E-state index is 0.0724. The van der Waals surface area contributed by atoms with Crippen LogP contribution in [0.4, 0.5) is 0 Å². The fraction of sp³-hybridized carbons (Fsp3) is 0.600. The predicted octanol–water partition coefficient (Wildman–Crippen LogP) is 2.21. The number of hydrogen-bond acceptors (Lipinski definition) is 2. The van der Waals surface area contributed by atoms with Gasteiger partial charge in [-0.1, -0.05) is 13.8 Å². The molecule has 0 aliphatic carbocycles. The summed E-state index contributed by atoms with van der Waals surface area (Å²) in [6, 6.07) is 4.03. The van der Waals surface area contributed by atoms with Crippen molar-refractivity contribution in [2.45, 2.75) is 32.6 Å². The Labute approximate surface area is 73.8 Å². The highest BCUT2D eigenvalue weighted by molar-refractivity contribution is 5.14. The minimum atomic E-state index is 0.0724. The van der Waals surface area contributed by atoms with Gasteiger partial charge in [0.1, 0.15) is 11.5 Å². The van der Waals surface area contributed by atoms with Crippen molar-refractivity contribution in [1.29, 1.82) is 0 Å². The number of furan rings is 1. The SMILES string of the molecule is Cc1ccc(C(C)(C)CCN)o1. The molecule has 68 valence electrons. The van der Waals surface area contributed by atoms with Gasteiger partial charge in [-0.2, -0.15) is 0 Å². The molecule has 0 aromatic carbocycles. The highest BCUT2D eigenvalue weighted by Gasteiger charge is 2.22. The summed E-state index contributed by atoms with van der Waals surface area (Å²) in [5.74, 6) is 2.00. The van der Waals surface area contributed by atoms with E-state index in [0.29, 0.717) is 6.54 Å². The molecule has 0 fully saturated rings. The summed E-state index contributed by atoms with van der Waals surface area (Å²) in [4.78, 5) is 0. The monoisotopic (exact) mass is 167 g/mol. The van der Waals surface area contributed by atoms with Gasteiger partial charge in [-0.25, -0.2) is 0 Å². The second-order valence-electron chi connectivity index (χ2n) is 3.83. The first kappa shape index (κ1) is 9.33. The van der Waals surface area contributed by atoms with Crippen molar-refractivity contribution in [2.24, 2.45) is 5.73 Å². The molecule has 1 rings (SSSR count). The zero-order valence-corrected chi connectivity index (χ0v) is 8.05. The fourth-order valence-corrected chi connectivity index (χ4v) is 1.28. The lowest BCUT2D eigenvalue weighted by atomic mass is 9.87. The molecule has 0 atom stereocenters. The molecule has 0 saturated carbocycles. The molecule has 0 bridgehead atoms. The quantitative estimate of drug-likeness (QED) is 0.749. The van der Waals surface area contributed by atoms with Gasteiger partial charge >= 0.3 is 0 Å². The molecule has 0 saturated heterocycles. The van der Waals surface area contributed by atoms with Gasteiger partial charge in [0.05, 0.1) is 0 Å². The van der Waals surface area contributed by atoms with E-state index < -0.39 is 0 Å². The third kappa shape index (κ3) is 1.89. The average Bonchev–Trinajstić information content (AvgIpc) is 2.36. The molecular weight excluding hydrogens is 150 g/mol. The van der Waals surface area contributed by atoms with Crippen molar-refractivity contribution in [1.82, 2.24) is 0 Å². The first-order chi connectivity index (χ1) is 5.56. The summed E-state index contributed by atoms with van der Waals surface area (Å²) >= 11 is 0. The van der Waals surface area contributed by atoms with Crippen molar-refractivity contribution >= 4 is 0 Å².